The number of benzene rings is 3. The van der Waals surface area contributed by atoms with Crippen LogP contribution in [0.3, 0.4) is 0 Å². The number of allylic oxidation sites excluding steroid dienone is 1. The van der Waals surface area contributed by atoms with E-state index in [-0.39, 0.29) is 5.69 Å². The summed E-state index contributed by atoms with van der Waals surface area (Å²) in [7, 11) is 3.17. The molecule has 0 spiro atoms. The lowest BCUT2D eigenvalue weighted by Crippen LogP contribution is -2.10. The number of amides is 1. The summed E-state index contributed by atoms with van der Waals surface area (Å²) in [6.07, 6.45) is 2.93. The predicted molar refractivity (Wildman–Crippen MR) is 135 cm³/mol. The fraction of sp³-hybridized carbons (Fsp3) is 0.179. The molecule has 0 fully saturated rings. The fourth-order valence-corrected chi connectivity index (χ4v) is 3.91. The van der Waals surface area contributed by atoms with Crippen molar-refractivity contribution in [2.24, 2.45) is 0 Å². The Labute approximate surface area is 207 Å². The number of carbonyl (C=O) groups excluding carboxylic acids is 1. The van der Waals surface area contributed by atoms with E-state index in [4.69, 9.17) is 18.6 Å². The molecule has 1 N–H and O–H groups in total. The standard InChI is InChI=1S/C28H25F2NO5/c1-5-35-26-14-27-21(22(15-36-27)20-12-18(33-3)7-9-25(20)34-4)13-19(26)16(2)10-28(32)31-24-11-17(29)6-8-23(24)30/h6-15H,5H2,1-4H3,(H,31,32)/b16-10+. The number of furan rings is 1. The zero-order valence-corrected chi connectivity index (χ0v) is 20.3. The fourth-order valence-electron chi connectivity index (χ4n) is 3.91. The van der Waals surface area contributed by atoms with Crippen molar-refractivity contribution in [3.63, 3.8) is 0 Å². The van der Waals surface area contributed by atoms with Crippen LogP contribution in [0.4, 0.5) is 14.5 Å². The predicted octanol–water partition coefficient (Wildman–Crippen LogP) is 6.84. The molecule has 3 aromatic carbocycles. The number of halogens is 2. The van der Waals surface area contributed by atoms with Gasteiger partial charge in [-0.05, 0) is 55.8 Å². The molecule has 0 radical (unpaired) electrons. The maximum absolute atomic E-state index is 14.0. The number of fused-ring (bicyclic) bond motifs is 1. The van der Waals surface area contributed by atoms with E-state index in [2.05, 4.69) is 5.32 Å². The smallest absolute Gasteiger partial charge is 0.248 e. The Kier molecular flexibility index (Phi) is 7.24. The zero-order valence-electron chi connectivity index (χ0n) is 20.3. The average Bonchev–Trinajstić information content (AvgIpc) is 3.28. The van der Waals surface area contributed by atoms with Crippen LogP contribution >= 0.6 is 0 Å². The summed E-state index contributed by atoms with van der Waals surface area (Å²) in [5.74, 6) is -0.191. The van der Waals surface area contributed by atoms with Gasteiger partial charge in [0, 0.05) is 40.3 Å². The van der Waals surface area contributed by atoms with E-state index in [1.165, 1.54) is 6.08 Å². The van der Waals surface area contributed by atoms with Crippen LogP contribution in [0.2, 0.25) is 0 Å². The van der Waals surface area contributed by atoms with Gasteiger partial charge < -0.3 is 23.9 Å². The molecule has 0 aliphatic heterocycles. The highest BCUT2D eigenvalue weighted by atomic mass is 19.1. The Hall–Kier alpha value is -4.33. The molecule has 0 aliphatic rings. The van der Waals surface area contributed by atoms with Crippen molar-refractivity contribution in [1.29, 1.82) is 0 Å². The highest BCUT2D eigenvalue weighted by molar-refractivity contribution is 6.05. The van der Waals surface area contributed by atoms with Gasteiger partial charge in [0.15, 0.2) is 0 Å². The summed E-state index contributed by atoms with van der Waals surface area (Å²) >= 11 is 0. The summed E-state index contributed by atoms with van der Waals surface area (Å²) in [6, 6.07) is 11.9. The molecule has 0 atom stereocenters. The Morgan fingerprint density at radius 1 is 1.00 bits per heavy atom. The van der Waals surface area contributed by atoms with E-state index in [0.29, 0.717) is 40.6 Å². The van der Waals surface area contributed by atoms with Crippen LogP contribution in [0.25, 0.3) is 27.7 Å². The third kappa shape index (κ3) is 5.02. The van der Waals surface area contributed by atoms with Crippen LogP contribution in [0.15, 0.2) is 65.3 Å². The first kappa shape index (κ1) is 24.8. The van der Waals surface area contributed by atoms with Gasteiger partial charge in [0.05, 0.1) is 32.8 Å². The van der Waals surface area contributed by atoms with Crippen molar-refractivity contribution in [3.05, 3.63) is 78.1 Å². The molecule has 4 rings (SSSR count). The first-order chi connectivity index (χ1) is 17.3. The number of nitrogens with one attached hydrogen (secondary N) is 1. The second-order valence-corrected chi connectivity index (χ2v) is 7.93. The third-order valence-electron chi connectivity index (χ3n) is 5.63. The maximum atomic E-state index is 14.0. The van der Waals surface area contributed by atoms with E-state index in [1.54, 1.807) is 39.5 Å². The van der Waals surface area contributed by atoms with Crippen molar-refractivity contribution in [1.82, 2.24) is 0 Å². The van der Waals surface area contributed by atoms with Crippen LogP contribution in [0, 0.1) is 11.6 Å². The largest absolute Gasteiger partial charge is 0.497 e. The molecule has 36 heavy (non-hydrogen) atoms. The van der Waals surface area contributed by atoms with Crippen molar-refractivity contribution in [2.75, 3.05) is 26.1 Å². The van der Waals surface area contributed by atoms with E-state index < -0.39 is 17.5 Å². The summed E-state index contributed by atoms with van der Waals surface area (Å²) in [6.45, 7) is 3.97. The lowest BCUT2D eigenvalue weighted by Gasteiger charge is -2.13. The minimum atomic E-state index is -0.734. The first-order valence-corrected chi connectivity index (χ1v) is 11.2. The highest BCUT2D eigenvalue weighted by Crippen LogP contribution is 2.41. The van der Waals surface area contributed by atoms with Crippen LogP contribution in [-0.2, 0) is 4.79 Å². The average molecular weight is 494 g/mol. The third-order valence-corrected chi connectivity index (χ3v) is 5.63. The molecule has 0 aliphatic carbocycles. The number of hydrogen-bond acceptors (Lipinski definition) is 5. The molecule has 4 aromatic rings. The summed E-state index contributed by atoms with van der Waals surface area (Å²) in [4.78, 5) is 12.6. The van der Waals surface area contributed by atoms with Gasteiger partial charge in [-0.2, -0.15) is 0 Å². The minimum absolute atomic E-state index is 0.244. The van der Waals surface area contributed by atoms with E-state index >= 15 is 0 Å². The molecule has 6 nitrogen and oxygen atoms in total. The monoisotopic (exact) mass is 493 g/mol. The van der Waals surface area contributed by atoms with Gasteiger partial charge in [-0.1, -0.05) is 0 Å². The van der Waals surface area contributed by atoms with E-state index in [0.717, 1.165) is 34.7 Å². The zero-order chi connectivity index (χ0) is 25.8. The first-order valence-electron chi connectivity index (χ1n) is 11.2. The Bertz CT molecular complexity index is 1460. The minimum Gasteiger partial charge on any atom is -0.497 e. The summed E-state index contributed by atoms with van der Waals surface area (Å²) in [5.41, 5.74) is 3.08. The molecule has 0 saturated heterocycles. The second-order valence-electron chi connectivity index (χ2n) is 7.93. The topological polar surface area (TPSA) is 69.9 Å². The van der Waals surface area contributed by atoms with Gasteiger partial charge in [0.1, 0.15) is 34.5 Å². The van der Waals surface area contributed by atoms with Gasteiger partial charge >= 0.3 is 0 Å². The number of carbonyl (C=O) groups is 1. The second kappa shape index (κ2) is 10.5. The molecule has 0 unspecified atom stereocenters. The van der Waals surface area contributed by atoms with Crippen LogP contribution in [-0.4, -0.2) is 26.7 Å². The summed E-state index contributed by atoms with van der Waals surface area (Å²) < 4.78 is 50.0. The number of anilines is 1. The van der Waals surface area contributed by atoms with Gasteiger partial charge in [0.25, 0.3) is 0 Å². The lowest BCUT2D eigenvalue weighted by molar-refractivity contribution is -0.111. The van der Waals surface area contributed by atoms with Gasteiger partial charge in [-0.15, -0.1) is 0 Å². The maximum Gasteiger partial charge on any atom is 0.248 e. The van der Waals surface area contributed by atoms with Gasteiger partial charge in [-0.3, -0.25) is 4.79 Å². The lowest BCUT2D eigenvalue weighted by atomic mass is 9.98. The molecule has 0 saturated carbocycles. The molecule has 186 valence electrons. The Balaban J connectivity index is 1.78. The van der Waals surface area contributed by atoms with Crippen LogP contribution in [0.1, 0.15) is 19.4 Å². The number of ether oxygens (including phenoxy) is 3. The van der Waals surface area contributed by atoms with Crippen LogP contribution in [0.5, 0.6) is 17.2 Å². The SMILES string of the molecule is CCOc1cc2occ(-c3cc(OC)ccc3OC)c2cc1/C(C)=C/C(=O)Nc1cc(F)ccc1F. The molecule has 1 amide bonds. The van der Waals surface area contributed by atoms with E-state index in [9.17, 15) is 13.6 Å². The normalized spacial score (nSPS) is 11.4. The molecule has 1 heterocycles. The van der Waals surface area contributed by atoms with Gasteiger partial charge in [-0.25, -0.2) is 8.78 Å². The van der Waals surface area contributed by atoms with Crippen molar-refractivity contribution >= 4 is 28.1 Å². The van der Waals surface area contributed by atoms with Crippen molar-refractivity contribution in [3.8, 4) is 28.4 Å². The van der Waals surface area contributed by atoms with Crippen LogP contribution < -0.4 is 19.5 Å². The Morgan fingerprint density at radius 3 is 2.53 bits per heavy atom. The van der Waals surface area contributed by atoms with E-state index in [1.807, 2.05) is 25.1 Å². The summed E-state index contributed by atoms with van der Waals surface area (Å²) in [5, 5.41) is 3.15. The van der Waals surface area contributed by atoms with Crippen molar-refractivity contribution < 1.29 is 32.2 Å². The Morgan fingerprint density at radius 2 is 1.81 bits per heavy atom. The molecular formula is C28H25F2NO5. The molecule has 1 aromatic heterocycles. The molecular weight excluding hydrogens is 468 g/mol. The van der Waals surface area contributed by atoms with Gasteiger partial charge in [0.2, 0.25) is 5.91 Å². The highest BCUT2D eigenvalue weighted by Gasteiger charge is 2.18. The van der Waals surface area contributed by atoms with Crippen molar-refractivity contribution in [2.45, 2.75) is 13.8 Å². The number of rotatable bonds is 8. The quantitative estimate of drug-likeness (QED) is 0.272. The molecule has 0 bridgehead atoms. The number of hydrogen-bond donors (Lipinski definition) is 1. The number of methoxy groups -OCH3 is 2. The molecule has 8 heteroatoms.